The fraction of sp³-hybridized carbons (Fsp3) is 0.188. The Bertz CT molecular complexity index is 597. The van der Waals surface area contributed by atoms with Crippen molar-refractivity contribution in [1.82, 2.24) is 0 Å². The summed E-state index contributed by atoms with van der Waals surface area (Å²) in [6.45, 7) is 2.73. The Morgan fingerprint density at radius 2 is 1.89 bits per heavy atom. The summed E-state index contributed by atoms with van der Waals surface area (Å²) in [6, 6.07) is 15.2. The number of phenols is 1. The molecule has 0 bridgehead atoms. The Kier molecular flexibility index (Phi) is 4.04. The third-order valence-corrected chi connectivity index (χ3v) is 2.96. The van der Waals surface area contributed by atoms with Crippen LogP contribution in [0.2, 0.25) is 0 Å². The van der Waals surface area contributed by atoms with E-state index in [9.17, 15) is 5.11 Å². The second-order valence-electron chi connectivity index (χ2n) is 4.50. The van der Waals surface area contributed by atoms with Crippen LogP contribution in [0.5, 0.6) is 5.75 Å². The van der Waals surface area contributed by atoms with Crippen molar-refractivity contribution in [2.45, 2.75) is 13.3 Å². The highest BCUT2D eigenvalue weighted by atomic mass is 16.3. The van der Waals surface area contributed by atoms with Gasteiger partial charge in [-0.05, 0) is 48.7 Å². The first-order chi connectivity index (χ1) is 9.19. The molecule has 0 fully saturated rings. The van der Waals surface area contributed by atoms with Crippen LogP contribution in [0.15, 0.2) is 42.5 Å². The van der Waals surface area contributed by atoms with Gasteiger partial charge < -0.3 is 10.4 Å². The van der Waals surface area contributed by atoms with Gasteiger partial charge in [-0.15, -0.1) is 0 Å². The van der Waals surface area contributed by atoms with Crippen molar-refractivity contribution in [1.29, 1.82) is 5.26 Å². The second-order valence-corrected chi connectivity index (χ2v) is 4.50. The number of hydrogen-bond donors (Lipinski definition) is 2. The van der Waals surface area contributed by atoms with Crippen molar-refractivity contribution in [2.24, 2.45) is 0 Å². The van der Waals surface area contributed by atoms with E-state index >= 15 is 0 Å². The molecule has 2 rings (SSSR count). The first-order valence-electron chi connectivity index (χ1n) is 6.21. The number of anilines is 1. The number of rotatable bonds is 4. The molecule has 19 heavy (non-hydrogen) atoms. The lowest BCUT2D eigenvalue weighted by Gasteiger charge is -2.09. The molecular formula is C16H16N2O. The number of aromatic hydroxyl groups is 1. The SMILES string of the molecule is Cc1ccc(NCCc2ccc(O)cc2)c(C#N)c1. The third kappa shape index (κ3) is 3.49. The number of hydrogen-bond acceptors (Lipinski definition) is 3. The number of aryl methyl sites for hydroxylation is 1. The molecule has 3 heteroatoms. The van der Waals surface area contributed by atoms with Gasteiger partial charge in [-0.3, -0.25) is 0 Å². The van der Waals surface area contributed by atoms with Crippen molar-refractivity contribution in [2.75, 3.05) is 11.9 Å². The van der Waals surface area contributed by atoms with Crippen LogP contribution in [-0.4, -0.2) is 11.7 Å². The monoisotopic (exact) mass is 252 g/mol. The van der Waals surface area contributed by atoms with Gasteiger partial charge in [-0.1, -0.05) is 18.2 Å². The molecule has 0 heterocycles. The van der Waals surface area contributed by atoms with E-state index < -0.39 is 0 Å². The molecule has 0 saturated heterocycles. The quantitative estimate of drug-likeness (QED) is 0.878. The summed E-state index contributed by atoms with van der Waals surface area (Å²) in [4.78, 5) is 0. The molecule has 0 aromatic heterocycles. The number of phenolic OH excluding ortho intramolecular Hbond substituents is 1. The smallest absolute Gasteiger partial charge is 0.115 e. The van der Waals surface area contributed by atoms with Crippen molar-refractivity contribution in [3.63, 3.8) is 0 Å². The van der Waals surface area contributed by atoms with Crippen LogP contribution in [0.25, 0.3) is 0 Å². The highest BCUT2D eigenvalue weighted by Gasteiger charge is 2.01. The normalized spacial score (nSPS) is 9.89. The molecule has 3 nitrogen and oxygen atoms in total. The Labute approximate surface area is 113 Å². The van der Waals surface area contributed by atoms with Gasteiger partial charge in [0.15, 0.2) is 0 Å². The molecule has 0 spiro atoms. The molecule has 0 radical (unpaired) electrons. The average molecular weight is 252 g/mol. The summed E-state index contributed by atoms with van der Waals surface area (Å²) >= 11 is 0. The first-order valence-corrected chi connectivity index (χ1v) is 6.21. The Morgan fingerprint density at radius 3 is 2.58 bits per heavy atom. The minimum absolute atomic E-state index is 0.280. The highest BCUT2D eigenvalue weighted by Crippen LogP contribution is 2.16. The molecular weight excluding hydrogens is 236 g/mol. The van der Waals surface area contributed by atoms with E-state index in [2.05, 4.69) is 11.4 Å². The molecule has 0 atom stereocenters. The number of nitrogens with one attached hydrogen (secondary N) is 1. The summed E-state index contributed by atoms with van der Waals surface area (Å²) in [6.07, 6.45) is 0.846. The van der Waals surface area contributed by atoms with Crippen LogP contribution in [0.3, 0.4) is 0 Å². The van der Waals surface area contributed by atoms with Gasteiger partial charge in [0.05, 0.1) is 11.3 Å². The number of nitriles is 1. The topological polar surface area (TPSA) is 56.0 Å². The first kappa shape index (κ1) is 13.0. The molecule has 0 aliphatic rings. The van der Waals surface area contributed by atoms with E-state index in [1.807, 2.05) is 37.3 Å². The van der Waals surface area contributed by atoms with Gasteiger partial charge in [0, 0.05) is 6.54 Å². The van der Waals surface area contributed by atoms with Crippen molar-refractivity contribution >= 4 is 5.69 Å². The van der Waals surface area contributed by atoms with E-state index in [-0.39, 0.29) is 5.75 Å². The van der Waals surface area contributed by atoms with Crippen molar-refractivity contribution in [3.05, 3.63) is 59.2 Å². The standard InChI is InChI=1S/C16H16N2O/c1-12-2-7-16(14(10-12)11-17)18-9-8-13-3-5-15(19)6-4-13/h2-7,10,18-19H,8-9H2,1H3. The average Bonchev–Trinajstić information content (AvgIpc) is 2.42. The van der Waals surface area contributed by atoms with Crippen LogP contribution in [0.1, 0.15) is 16.7 Å². The lowest BCUT2D eigenvalue weighted by atomic mass is 10.1. The van der Waals surface area contributed by atoms with Crippen LogP contribution >= 0.6 is 0 Å². The summed E-state index contributed by atoms with van der Waals surface area (Å²) < 4.78 is 0. The van der Waals surface area contributed by atoms with Gasteiger partial charge in [-0.25, -0.2) is 0 Å². The molecule has 2 aromatic rings. The molecule has 2 N–H and O–H groups in total. The molecule has 0 amide bonds. The zero-order valence-electron chi connectivity index (χ0n) is 10.9. The van der Waals surface area contributed by atoms with E-state index in [0.29, 0.717) is 5.56 Å². The molecule has 0 aliphatic heterocycles. The van der Waals surface area contributed by atoms with Gasteiger partial charge in [-0.2, -0.15) is 5.26 Å². The van der Waals surface area contributed by atoms with Crippen molar-refractivity contribution in [3.8, 4) is 11.8 Å². The van der Waals surface area contributed by atoms with E-state index in [0.717, 1.165) is 29.8 Å². The molecule has 0 unspecified atom stereocenters. The fourth-order valence-corrected chi connectivity index (χ4v) is 1.91. The van der Waals surface area contributed by atoms with E-state index in [4.69, 9.17) is 5.26 Å². The van der Waals surface area contributed by atoms with Crippen LogP contribution in [-0.2, 0) is 6.42 Å². The lowest BCUT2D eigenvalue weighted by Crippen LogP contribution is -2.06. The maximum atomic E-state index is 9.20. The molecule has 0 saturated carbocycles. The van der Waals surface area contributed by atoms with Gasteiger partial charge in [0.1, 0.15) is 11.8 Å². The lowest BCUT2D eigenvalue weighted by molar-refractivity contribution is 0.475. The summed E-state index contributed by atoms with van der Waals surface area (Å²) in [5.74, 6) is 0.280. The minimum Gasteiger partial charge on any atom is -0.508 e. The number of benzene rings is 2. The molecule has 96 valence electrons. The second kappa shape index (κ2) is 5.92. The predicted octanol–water partition coefficient (Wildman–Crippen LogP) is 3.23. The van der Waals surface area contributed by atoms with Crippen LogP contribution in [0.4, 0.5) is 5.69 Å². The van der Waals surface area contributed by atoms with Crippen molar-refractivity contribution < 1.29 is 5.11 Å². The van der Waals surface area contributed by atoms with E-state index in [1.54, 1.807) is 12.1 Å². The fourth-order valence-electron chi connectivity index (χ4n) is 1.91. The highest BCUT2D eigenvalue weighted by molar-refractivity contribution is 5.58. The summed E-state index contributed by atoms with van der Waals surface area (Å²) in [7, 11) is 0. The Morgan fingerprint density at radius 1 is 1.16 bits per heavy atom. The summed E-state index contributed by atoms with van der Waals surface area (Å²) in [5, 5.41) is 21.5. The minimum atomic E-state index is 0.280. The zero-order valence-corrected chi connectivity index (χ0v) is 10.9. The van der Waals surface area contributed by atoms with Gasteiger partial charge in [0.25, 0.3) is 0 Å². The number of nitrogens with zero attached hydrogens (tertiary/aromatic N) is 1. The molecule has 2 aromatic carbocycles. The predicted molar refractivity (Wildman–Crippen MR) is 76.2 cm³/mol. The summed E-state index contributed by atoms with van der Waals surface area (Å²) in [5.41, 5.74) is 3.77. The zero-order chi connectivity index (χ0) is 13.7. The Hall–Kier alpha value is -2.47. The van der Waals surface area contributed by atoms with Crippen LogP contribution < -0.4 is 5.32 Å². The van der Waals surface area contributed by atoms with Gasteiger partial charge >= 0.3 is 0 Å². The maximum absolute atomic E-state index is 9.20. The van der Waals surface area contributed by atoms with Gasteiger partial charge in [0.2, 0.25) is 0 Å². The van der Waals surface area contributed by atoms with Crippen LogP contribution in [0, 0.1) is 18.3 Å². The Balaban J connectivity index is 1.96. The maximum Gasteiger partial charge on any atom is 0.115 e. The third-order valence-electron chi connectivity index (χ3n) is 2.96. The largest absolute Gasteiger partial charge is 0.508 e. The van der Waals surface area contributed by atoms with E-state index in [1.165, 1.54) is 0 Å². The molecule has 0 aliphatic carbocycles.